The Kier molecular flexibility index (Phi) is 6.19. The molecule has 1 rings (SSSR count). The summed E-state index contributed by atoms with van der Waals surface area (Å²) >= 11 is 3.46. The lowest BCUT2D eigenvalue weighted by Crippen LogP contribution is -2.33. The number of hydrogen-bond acceptors (Lipinski definition) is 4. The second-order valence-electron chi connectivity index (χ2n) is 4.28. The third kappa shape index (κ3) is 4.43. The fourth-order valence-electron chi connectivity index (χ4n) is 1.62. The summed E-state index contributed by atoms with van der Waals surface area (Å²) in [5.41, 5.74) is 5.80. The molecule has 1 unspecified atom stereocenters. The molecule has 1 atom stereocenters. The van der Waals surface area contributed by atoms with E-state index in [1.807, 2.05) is 27.0 Å². The Morgan fingerprint density at radius 2 is 2.24 bits per heavy atom. The van der Waals surface area contributed by atoms with E-state index in [1.165, 1.54) is 0 Å². The predicted molar refractivity (Wildman–Crippen MR) is 71.9 cm³/mol. The number of ether oxygens (including phenoxy) is 1. The third-order valence-electron chi connectivity index (χ3n) is 2.60. The number of halogens is 1. The van der Waals surface area contributed by atoms with Crippen LogP contribution in [0.4, 0.5) is 0 Å². The number of likely N-dealkylation sites (N-methyl/N-ethyl adjacent to an activating group) is 1. The fraction of sp³-hybridized carbons (Fsp3) is 0.667. The van der Waals surface area contributed by atoms with Gasteiger partial charge in [0.1, 0.15) is 5.76 Å². The number of hydrogen-bond donors (Lipinski definition) is 1. The zero-order valence-electron chi connectivity index (χ0n) is 10.6. The highest BCUT2D eigenvalue weighted by Crippen LogP contribution is 2.27. The lowest BCUT2D eigenvalue weighted by molar-refractivity contribution is 0.0542. The first-order valence-corrected chi connectivity index (χ1v) is 6.60. The average Bonchev–Trinajstić information content (AvgIpc) is 2.66. The van der Waals surface area contributed by atoms with E-state index in [4.69, 9.17) is 14.9 Å². The number of nitrogens with zero attached hydrogens (tertiary/aromatic N) is 1. The molecule has 17 heavy (non-hydrogen) atoms. The maximum absolute atomic E-state index is 5.80. The molecule has 0 fully saturated rings. The van der Waals surface area contributed by atoms with Gasteiger partial charge in [0.25, 0.3) is 0 Å². The van der Waals surface area contributed by atoms with Gasteiger partial charge >= 0.3 is 0 Å². The van der Waals surface area contributed by atoms with Crippen LogP contribution < -0.4 is 5.73 Å². The van der Waals surface area contributed by atoms with Crippen LogP contribution in [0.3, 0.4) is 0 Å². The maximum atomic E-state index is 5.80. The minimum Gasteiger partial charge on any atom is -0.466 e. The minimum atomic E-state index is 0.0788. The van der Waals surface area contributed by atoms with Gasteiger partial charge in [-0.1, -0.05) is 0 Å². The van der Waals surface area contributed by atoms with E-state index in [1.54, 1.807) is 6.26 Å². The summed E-state index contributed by atoms with van der Waals surface area (Å²) in [6.45, 7) is 6.10. The van der Waals surface area contributed by atoms with Gasteiger partial charge in [0.15, 0.2) is 0 Å². The summed E-state index contributed by atoms with van der Waals surface area (Å²) in [5.74, 6) is 0.875. The Morgan fingerprint density at radius 3 is 2.71 bits per heavy atom. The van der Waals surface area contributed by atoms with Gasteiger partial charge in [-0.3, -0.25) is 4.90 Å². The van der Waals surface area contributed by atoms with Crippen molar-refractivity contribution in [1.29, 1.82) is 0 Å². The maximum Gasteiger partial charge on any atom is 0.136 e. The van der Waals surface area contributed by atoms with Crippen LogP contribution in [0.5, 0.6) is 0 Å². The molecule has 0 aliphatic rings. The molecular formula is C12H21BrN2O2. The molecule has 1 aromatic heterocycles. The SMILES string of the molecule is CC(C)OCCN(C)C(CN)c1occc1Br. The summed E-state index contributed by atoms with van der Waals surface area (Å²) in [6, 6.07) is 1.96. The van der Waals surface area contributed by atoms with Crippen molar-refractivity contribution in [2.75, 3.05) is 26.7 Å². The molecule has 4 nitrogen and oxygen atoms in total. The van der Waals surface area contributed by atoms with Gasteiger partial charge in [-0.2, -0.15) is 0 Å². The molecule has 0 amide bonds. The van der Waals surface area contributed by atoms with Crippen LogP contribution in [0.1, 0.15) is 25.6 Å². The first-order chi connectivity index (χ1) is 8.06. The van der Waals surface area contributed by atoms with Gasteiger partial charge in [-0.15, -0.1) is 0 Å². The average molecular weight is 305 g/mol. The van der Waals surface area contributed by atoms with Crippen LogP contribution >= 0.6 is 15.9 Å². The van der Waals surface area contributed by atoms with Gasteiger partial charge in [0.2, 0.25) is 0 Å². The molecule has 2 N–H and O–H groups in total. The quantitative estimate of drug-likeness (QED) is 0.840. The molecule has 98 valence electrons. The van der Waals surface area contributed by atoms with Crippen molar-refractivity contribution in [1.82, 2.24) is 4.90 Å². The standard InChI is InChI=1S/C12H21BrN2O2/c1-9(2)16-7-5-15(3)11(8-14)12-10(13)4-6-17-12/h4,6,9,11H,5,7-8,14H2,1-3H3. The molecule has 0 saturated carbocycles. The second kappa shape index (κ2) is 7.16. The number of furan rings is 1. The van der Waals surface area contributed by atoms with Crippen LogP contribution in [0.2, 0.25) is 0 Å². The largest absolute Gasteiger partial charge is 0.466 e. The van der Waals surface area contributed by atoms with Crippen molar-refractivity contribution in [3.63, 3.8) is 0 Å². The highest BCUT2D eigenvalue weighted by atomic mass is 79.9. The first kappa shape index (κ1) is 14.7. The van der Waals surface area contributed by atoms with Crippen molar-refractivity contribution in [3.8, 4) is 0 Å². The zero-order valence-corrected chi connectivity index (χ0v) is 12.2. The predicted octanol–water partition coefficient (Wildman–Crippen LogP) is 2.40. The number of nitrogens with two attached hydrogens (primary N) is 1. The molecule has 0 spiro atoms. The highest BCUT2D eigenvalue weighted by Gasteiger charge is 2.20. The normalized spacial score (nSPS) is 13.6. The molecule has 1 heterocycles. The van der Waals surface area contributed by atoms with E-state index < -0.39 is 0 Å². The highest BCUT2D eigenvalue weighted by molar-refractivity contribution is 9.10. The summed E-state index contributed by atoms with van der Waals surface area (Å²) in [6.07, 6.45) is 1.93. The molecule has 0 aromatic carbocycles. The van der Waals surface area contributed by atoms with E-state index in [-0.39, 0.29) is 12.1 Å². The van der Waals surface area contributed by atoms with Crippen LogP contribution in [0, 0.1) is 0 Å². The summed E-state index contributed by atoms with van der Waals surface area (Å²) in [4.78, 5) is 2.14. The van der Waals surface area contributed by atoms with Crippen molar-refractivity contribution in [3.05, 3.63) is 22.6 Å². The molecule has 0 bridgehead atoms. The molecular weight excluding hydrogens is 284 g/mol. The number of rotatable bonds is 7. The first-order valence-electron chi connectivity index (χ1n) is 5.81. The fourth-order valence-corrected chi connectivity index (χ4v) is 2.08. The molecule has 0 aliphatic heterocycles. The van der Waals surface area contributed by atoms with Gasteiger partial charge in [-0.05, 0) is 42.9 Å². The Bertz CT molecular complexity index is 328. The Morgan fingerprint density at radius 1 is 1.53 bits per heavy atom. The van der Waals surface area contributed by atoms with Crippen molar-refractivity contribution >= 4 is 15.9 Å². The van der Waals surface area contributed by atoms with Crippen LogP contribution in [-0.4, -0.2) is 37.7 Å². The third-order valence-corrected chi connectivity index (χ3v) is 3.25. The van der Waals surface area contributed by atoms with E-state index >= 15 is 0 Å². The summed E-state index contributed by atoms with van der Waals surface area (Å²) in [7, 11) is 2.02. The van der Waals surface area contributed by atoms with Crippen molar-refractivity contribution < 1.29 is 9.15 Å². The van der Waals surface area contributed by atoms with E-state index in [2.05, 4.69) is 20.8 Å². The second-order valence-corrected chi connectivity index (χ2v) is 5.14. The molecule has 0 saturated heterocycles. The van der Waals surface area contributed by atoms with Gasteiger partial charge in [0.05, 0.1) is 29.5 Å². The molecule has 1 aromatic rings. The summed E-state index contributed by atoms with van der Waals surface area (Å²) < 4.78 is 11.9. The zero-order chi connectivity index (χ0) is 12.8. The topological polar surface area (TPSA) is 51.6 Å². The molecule has 0 aliphatic carbocycles. The molecule has 0 radical (unpaired) electrons. The van der Waals surface area contributed by atoms with E-state index in [0.29, 0.717) is 13.2 Å². The van der Waals surface area contributed by atoms with Gasteiger partial charge in [0, 0.05) is 13.1 Å². The minimum absolute atomic E-state index is 0.0788. The van der Waals surface area contributed by atoms with E-state index in [9.17, 15) is 0 Å². The van der Waals surface area contributed by atoms with E-state index in [0.717, 1.165) is 16.8 Å². The monoisotopic (exact) mass is 304 g/mol. The van der Waals surface area contributed by atoms with Crippen LogP contribution in [0.25, 0.3) is 0 Å². The smallest absolute Gasteiger partial charge is 0.136 e. The molecule has 5 heteroatoms. The van der Waals surface area contributed by atoms with Crippen molar-refractivity contribution in [2.24, 2.45) is 5.73 Å². The van der Waals surface area contributed by atoms with Gasteiger partial charge < -0.3 is 14.9 Å². The van der Waals surface area contributed by atoms with Crippen LogP contribution in [-0.2, 0) is 4.74 Å². The Labute approximate surface area is 111 Å². The van der Waals surface area contributed by atoms with Crippen molar-refractivity contribution in [2.45, 2.75) is 26.0 Å². The lowest BCUT2D eigenvalue weighted by atomic mass is 10.2. The lowest BCUT2D eigenvalue weighted by Gasteiger charge is -2.25. The Balaban J connectivity index is 2.53. The van der Waals surface area contributed by atoms with Crippen LogP contribution in [0.15, 0.2) is 21.2 Å². The Hall–Kier alpha value is -0.360. The van der Waals surface area contributed by atoms with Gasteiger partial charge in [-0.25, -0.2) is 0 Å². The summed E-state index contributed by atoms with van der Waals surface area (Å²) in [5, 5.41) is 0.